The lowest BCUT2D eigenvalue weighted by atomic mass is 10.1. The van der Waals surface area contributed by atoms with Crippen molar-refractivity contribution in [3.05, 3.63) is 23.4 Å². The van der Waals surface area contributed by atoms with E-state index in [1.807, 2.05) is 13.0 Å². The summed E-state index contributed by atoms with van der Waals surface area (Å²) in [5.74, 6) is 1.39. The quantitative estimate of drug-likeness (QED) is 0.815. The molecule has 0 aliphatic rings. The van der Waals surface area contributed by atoms with E-state index < -0.39 is 0 Å². The number of hydrogen-bond donors (Lipinski definition) is 1. The van der Waals surface area contributed by atoms with Crippen LogP contribution in [-0.2, 0) is 6.54 Å². The molecule has 0 radical (unpaired) electrons. The number of pyridine rings is 1. The molecule has 0 unspecified atom stereocenters. The molecule has 0 atom stereocenters. The van der Waals surface area contributed by atoms with Gasteiger partial charge in [0.1, 0.15) is 5.60 Å². The zero-order valence-corrected chi connectivity index (χ0v) is 13.2. The molecule has 0 saturated heterocycles. The van der Waals surface area contributed by atoms with Crippen LogP contribution < -0.4 is 10.1 Å². The van der Waals surface area contributed by atoms with E-state index in [4.69, 9.17) is 4.74 Å². The number of aryl methyl sites for hydroxylation is 1. The molecule has 0 spiro atoms. The molecule has 0 fully saturated rings. The van der Waals surface area contributed by atoms with E-state index >= 15 is 0 Å². The van der Waals surface area contributed by atoms with Crippen molar-refractivity contribution in [3.63, 3.8) is 0 Å². The third-order valence-corrected chi connectivity index (χ3v) is 3.27. The van der Waals surface area contributed by atoms with Crippen LogP contribution in [0.2, 0.25) is 0 Å². The molecule has 0 aliphatic heterocycles. The van der Waals surface area contributed by atoms with Crippen molar-refractivity contribution in [3.8, 4) is 5.88 Å². The molecule has 0 saturated carbocycles. The Morgan fingerprint density at radius 1 is 1.32 bits per heavy atom. The van der Waals surface area contributed by atoms with Crippen LogP contribution in [0, 0.1) is 12.8 Å². The van der Waals surface area contributed by atoms with Crippen molar-refractivity contribution < 1.29 is 4.74 Å². The Morgan fingerprint density at radius 3 is 2.53 bits per heavy atom. The van der Waals surface area contributed by atoms with Gasteiger partial charge in [0.05, 0.1) is 0 Å². The Labute approximate surface area is 117 Å². The largest absolute Gasteiger partial charge is 0.472 e. The van der Waals surface area contributed by atoms with Gasteiger partial charge < -0.3 is 10.1 Å². The van der Waals surface area contributed by atoms with E-state index in [1.165, 1.54) is 5.56 Å². The normalized spacial score (nSPS) is 11.9. The SMILES string of the molecule is CCC(C)(C)Oc1ccc(CNCC(C)C)c(C)n1. The number of hydrogen-bond acceptors (Lipinski definition) is 3. The first-order valence-electron chi connectivity index (χ1n) is 7.20. The van der Waals surface area contributed by atoms with Gasteiger partial charge in [-0.1, -0.05) is 26.8 Å². The average molecular weight is 264 g/mol. The molecule has 0 aliphatic carbocycles. The highest BCUT2D eigenvalue weighted by Crippen LogP contribution is 2.20. The molecule has 1 aromatic heterocycles. The van der Waals surface area contributed by atoms with Crippen molar-refractivity contribution in [2.75, 3.05) is 6.54 Å². The van der Waals surface area contributed by atoms with Crippen molar-refractivity contribution in [2.45, 2.75) is 60.1 Å². The second-order valence-corrected chi connectivity index (χ2v) is 6.13. The van der Waals surface area contributed by atoms with Gasteiger partial charge in [0.25, 0.3) is 0 Å². The molecule has 3 nitrogen and oxygen atoms in total. The van der Waals surface area contributed by atoms with E-state index in [9.17, 15) is 0 Å². The lowest BCUT2D eigenvalue weighted by molar-refractivity contribution is 0.0988. The number of nitrogens with zero attached hydrogens (tertiary/aromatic N) is 1. The Hall–Kier alpha value is -1.09. The maximum Gasteiger partial charge on any atom is 0.213 e. The average Bonchev–Trinajstić information content (AvgIpc) is 2.31. The van der Waals surface area contributed by atoms with Crippen molar-refractivity contribution >= 4 is 0 Å². The first-order chi connectivity index (χ1) is 8.84. The van der Waals surface area contributed by atoms with Crippen molar-refractivity contribution in [1.29, 1.82) is 0 Å². The Balaban J connectivity index is 2.64. The fraction of sp³-hybridized carbons (Fsp3) is 0.688. The van der Waals surface area contributed by atoms with Gasteiger partial charge in [-0.15, -0.1) is 0 Å². The van der Waals surface area contributed by atoms with Crippen molar-refractivity contribution in [2.24, 2.45) is 5.92 Å². The third kappa shape index (κ3) is 5.60. The standard InChI is InChI=1S/C16H28N2O/c1-7-16(5,6)19-15-9-8-14(13(4)18-15)11-17-10-12(2)3/h8-9,12,17H,7,10-11H2,1-6H3. The van der Waals surface area contributed by atoms with Gasteiger partial charge in [0.2, 0.25) is 5.88 Å². The highest BCUT2D eigenvalue weighted by atomic mass is 16.5. The second kappa shape index (κ2) is 6.90. The van der Waals surface area contributed by atoms with E-state index in [2.05, 4.69) is 51.0 Å². The molecule has 3 heteroatoms. The van der Waals surface area contributed by atoms with Crippen LogP contribution in [0.1, 0.15) is 52.3 Å². The van der Waals surface area contributed by atoms with E-state index in [0.29, 0.717) is 5.92 Å². The minimum absolute atomic E-state index is 0.156. The fourth-order valence-electron chi connectivity index (χ4n) is 1.66. The summed E-state index contributed by atoms with van der Waals surface area (Å²) in [6.45, 7) is 14.7. The van der Waals surface area contributed by atoms with Gasteiger partial charge in [-0.05, 0) is 45.2 Å². The predicted octanol–water partition coefficient (Wildman–Crippen LogP) is 3.70. The van der Waals surface area contributed by atoms with Gasteiger partial charge in [0.15, 0.2) is 0 Å². The number of nitrogens with one attached hydrogen (secondary N) is 1. The minimum atomic E-state index is -0.156. The molecule has 1 aromatic rings. The molecular formula is C16H28N2O. The molecule has 1 N–H and O–H groups in total. The number of aromatic nitrogens is 1. The molecule has 0 bridgehead atoms. The highest BCUT2D eigenvalue weighted by molar-refractivity contribution is 5.25. The molecule has 19 heavy (non-hydrogen) atoms. The highest BCUT2D eigenvalue weighted by Gasteiger charge is 2.17. The maximum atomic E-state index is 5.90. The van der Waals surface area contributed by atoms with Crippen LogP contribution >= 0.6 is 0 Å². The van der Waals surface area contributed by atoms with Crippen LogP contribution in [0.15, 0.2) is 12.1 Å². The lowest BCUT2D eigenvalue weighted by Crippen LogP contribution is -2.27. The van der Waals surface area contributed by atoms with E-state index in [-0.39, 0.29) is 5.60 Å². The summed E-state index contributed by atoms with van der Waals surface area (Å²) < 4.78 is 5.90. The van der Waals surface area contributed by atoms with Crippen LogP contribution in [-0.4, -0.2) is 17.1 Å². The third-order valence-electron chi connectivity index (χ3n) is 3.27. The summed E-state index contributed by atoms with van der Waals surface area (Å²) in [6, 6.07) is 4.08. The molecule has 0 aromatic carbocycles. The fourth-order valence-corrected chi connectivity index (χ4v) is 1.66. The van der Waals surface area contributed by atoms with Gasteiger partial charge >= 0.3 is 0 Å². The predicted molar refractivity (Wildman–Crippen MR) is 80.5 cm³/mol. The Kier molecular flexibility index (Phi) is 5.80. The molecule has 0 amide bonds. The summed E-state index contributed by atoms with van der Waals surface area (Å²) in [5, 5.41) is 3.44. The lowest BCUT2D eigenvalue weighted by Gasteiger charge is -2.24. The molecular weight excluding hydrogens is 236 g/mol. The van der Waals surface area contributed by atoms with Gasteiger partial charge in [-0.3, -0.25) is 0 Å². The van der Waals surface area contributed by atoms with Crippen LogP contribution in [0.4, 0.5) is 0 Å². The minimum Gasteiger partial charge on any atom is -0.472 e. The second-order valence-electron chi connectivity index (χ2n) is 6.13. The first-order valence-corrected chi connectivity index (χ1v) is 7.20. The maximum absolute atomic E-state index is 5.90. The van der Waals surface area contributed by atoms with Crippen molar-refractivity contribution in [1.82, 2.24) is 10.3 Å². The van der Waals surface area contributed by atoms with Crippen LogP contribution in [0.5, 0.6) is 5.88 Å². The van der Waals surface area contributed by atoms with Crippen LogP contribution in [0.3, 0.4) is 0 Å². The van der Waals surface area contributed by atoms with Gasteiger partial charge in [-0.2, -0.15) is 0 Å². The summed E-state index contributed by atoms with van der Waals surface area (Å²) >= 11 is 0. The molecule has 1 heterocycles. The first kappa shape index (κ1) is 16.0. The van der Waals surface area contributed by atoms with Gasteiger partial charge in [0, 0.05) is 18.3 Å². The topological polar surface area (TPSA) is 34.1 Å². The zero-order chi connectivity index (χ0) is 14.5. The van der Waals surface area contributed by atoms with E-state index in [0.717, 1.165) is 31.1 Å². The molecule has 1 rings (SSSR count). The monoisotopic (exact) mass is 264 g/mol. The summed E-state index contributed by atoms with van der Waals surface area (Å²) in [5.41, 5.74) is 2.12. The zero-order valence-electron chi connectivity index (χ0n) is 13.2. The number of ether oxygens (including phenoxy) is 1. The summed E-state index contributed by atoms with van der Waals surface area (Å²) in [6.07, 6.45) is 0.964. The Morgan fingerprint density at radius 2 is 2.00 bits per heavy atom. The van der Waals surface area contributed by atoms with Gasteiger partial charge in [-0.25, -0.2) is 4.98 Å². The molecule has 108 valence electrons. The van der Waals surface area contributed by atoms with E-state index in [1.54, 1.807) is 0 Å². The number of rotatable bonds is 7. The Bertz CT molecular complexity index is 400. The van der Waals surface area contributed by atoms with Crippen LogP contribution in [0.25, 0.3) is 0 Å². The smallest absolute Gasteiger partial charge is 0.213 e. The summed E-state index contributed by atoms with van der Waals surface area (Å²) in [4.78, 5) is 4.54. The summed E-state index contributed by atoms with van der Waals surface area (Å²) in [7, 11) is 0.